The van der Waals surface area contributed by atoms with Crippen LogP contribution in [0.3, 0.4) is 0 Å². The third kappa shape index (κ3) is 3.63. The van der Waals surface area contributed by atoms with Crippen molar-refractivity contribution < 1.29 is 9.32 Å². The van der Waals surface area contributed by atoms with E-state index in [4.69, 9.17) is 4.52 Å². The van der Waals surface area contributed by atoms with E-state index in [1.807, 2.05) is 17.9 Å². The highest BCUT2D eigenvalue weighted by molar-refractivity contribution is 5.79. The van der Waals surface area contributed by atoms with Gasteiger partial charge in [-0.05, 0) is 26.3 Å². The maximum atomic E-state index is 12.5. The van der Waals surface area contributed by atoms with Crippen molar-refractivity contribution in [2.24, 2.45) is 5.92 Å². The van der Waals surface area contributed by atoms with Gasteiger partial charge in [0.05, 0.1) is 18.2 Å². The smallest absolute Gasteiger partial charge is 0.227 e. The van der Waals surface area contributed by atoms with Crippen LogP contribution >= 0.6 is 0 Å². The Morgan fingerprint density at radius 2 is 2.24 bits per heavy atom. The lowest BCUT2D eigenvalue weighted by Gasteiger charge is -2.36. The minimum atomic E-state index is 0.183. The second-order valence-electron chi connectivity index (χ2n) is 6.08. The molecule has 21 heavy (non-hydrogen) atoms. The van der Waals surface area contributed by atoms with Crippen LogP contribution in [-0.2, 0) is 11.3 Å². The molecule has 3 rings (SSSR count). The molecule has 0 saturated carbocycles. The minimum absolute atomic E-state index is 0.183. The van der Waals surface area contributed by atoms with Gasteiger partial charge in [-0.1, -0.05) is 5.16 Å². The molecule has 6 nitrogen and oxygen atoms in total. The highest BCUT2D eigenvalue weighted by Crippen LogP contribution is 2.16. The fraction of sp³-hybridized carbons (Fsp3) is 0.733. The third-order valence-corrected chi connectivity index (χ3v) is 4.39. The van der Waals surface area contributed by atoms with Crippen LogP contribution in [0.25, 0.3) is 0 Å². The molecular formula is C15H24N4O2. The highest BCUT2D eigenvalue weighted by atomic mass is 16.5. The molecule has 1 amide bonds. The van der Waals surface area contributed by atoms with Gasteiger partial charge in [-0.3, -0.25) is 9.69 Å². The molecule has 2 fully saturated rings. The Labute approximate surface area is 125 Å². The Balaban J connectivity index is 1.47. The Bertz CT molecular complexity index is 474. The van der Waals surface area contributed by atoms with E-state index in [0.29, 0.717) is 5.91 Å². The van der Waals surface area contributed by atoms with Crippen LogP contribution in [0.1, 0.15) is 24.3 Å². The van der Waals surface area contributed by atoms with Crippen LogP contribution in [0, 0.1) is 12.8 Å². The molecule has 1 unspecified atom stereocenters. The standard InChI is InChI=1S/C15H24N4O2/c1-12-9-14(21-17-12)11-18-5-7-19(8-6-18)15(20)13-3-2-4-16-10-13/h9,13,16H,2-8,10-11H2,1H3. The highest BCUT2D eigenvalue weighted by Gasteiger charge is 2.28. The molecule has 3 heterocycles. The summed E-state index contributed by atoms with van der Waals surface area (Å²) in [7, 11) is 0. The number of aromatic nitrogens is 1. The molecule has 0 aliphatic carbocycles. The number of piperidine rings is 1. The van der Waals surface area contributed by atoms with E-state index < -0.39 is 0 Å². The number of carbonyl (C=O) groups excluding carboxylic acids is 1. The number of amides is 1. The molecule has 1 N–H and O–H groups in total. The van der Waals surface area contributed by atoms with Crippen LogP contribution in [0.5, 0.6) is 0 Å². The zero-order valence-corrected chi connectivity index (χ0v) is 12.7. The molecule has 2 aliphatic rings. The average molecular weight is 292 g/mol. The van der Waals surface area contributed by atoms with Crippen LogP contribution in [0.4, 0.5) is 0 Å². The lowest BCUT2D eigenvalue weighted by atomic mass is 9.98. The van der Waals surface area contributed by atoms with Gasteiger partial charge in [0.25, 0.3) is 0 Å². The first-order valence-corrected chi connectivity index (χ1v) is 7.86. The zero-order chi connectivity index (χ0) is 14.7. The van der Waals surface area contributed by atoms with E-state index in [1.54, 1.807) is 0 Å². The van der Waals surface area contributed by atoms with E-state index in [9.17, 15) is 4.79 Å². The van der Waals surface area contributed by atoms with Gasteiger partial charge in [0.2, 0.25) is 5.91 Å². The molecule has 1 atom stereocenters. The quantitative estimate of drug-likeness (QED) is 0.885. The molecule has 0 aromatic carbocycles. The molecule has 0 spiro atoms. The molecule has 0 radical (unpaired) electrons. The lowest BCUT2D eigenvalue weighted by molar-refractivity contribution is -0.137. The Kier molecular flexibility index (Phi) is 4.55. The number of hydrogen-bond donors (Lipinski definition) is 1. The Hall–Kier alpha value is -1.40. The van der Waals surface area contributed by atoms with Gasteiger partial charge in [-0.2, -0.15) is 0 Å². The summed E-state index contributed by atoms with van der Waals surface area (Å²) >= 11 is 0. The lowest BCUT2D eigenvalue weighted by Crippen LogP contribution is -2.51. The summed E-state index contributed by atoms with van der Waals surface area (Å²) in [5.74, 6) is 1.42. The maximum absolute atomic E-state index is 12.5. The Morgan fingerprint density at radius 1 is 1.43 bits per heavy atom. The van der Waals surface area contributed by atoms with Crippen molar-refractivity contribution in [3.05, 3.63) is 17.5 Å². The summed E-state index contributed by atoms with van der Waals surface area (Å²) in [6.07, 6.45) is 2.14. The topological polar surface area (TPSA) is 61.6 Å². The summed E-state index contributed by atoms with van der Waals surface area (Å²) in [6, 6.07) is 1.98. The number of aryl methyl sites for hydroxylation is 1. The predicted molar refractivity (Wildman–Crippen MR) is 78.7 cm³/mol. The van der Waals surface area contributed by atoms with Crippen LogP contribution in [0.2, 0.25) is 0 Å². The molecule has 1 aromatic heterocycles. The predicted octanol–water partition coefficient (Wildman–Crippen LogP) is 0.627. The molecule has 116 valence electrons. The van der Waals surface area contributed by atoms with Crippen LogP contribution in [0.15, 0.2) is 10.6 Å². The largest absolute Gasteiger partial charge is 0.360 e. The van der Waals surface area contributed by atoms with Crippen molar-refractivity contribution in [3.63, 3.8) is 0 Å². The second kappa shape index (κ2) is 6.58. The van der Waals surface area contributed by atoms with Crippen molar-refractivity contribution >= 4 is 5.91 Å². The van der Waals surface area contributed by atoms with Gasteiger partial charge in [-0.15, -0.1) is 0 Å². The van der Waals surface area contributed by atoms with Crippen molar-refractivity contribution in [2.75, 3.05) is 39.3 Å². The molecule has 1 aromatic rings. The summed E-state index contributed by atoms with van der Waals surface area (Å²) in [5, 5.41) is 7.23. The summed E-state index contributed by atoms with van der Waals surface area (Å²) < 4.78 is 5.26. The fourth-order valence-corrected chi connectivity index (χ4v) is 3.16. The van der Waals surface area contributed by atoms with Gasteiger partial charge in [0, 0.05) is 38.8 Å². The van der Waals surface area contributed by atoms with E-state index >= 15 is 0 Å². The number of piperazine rings is 1. The normalized spacial score (nSPS) is 24.2. The van der Waals surface area contributed by atoms with Crippen molar-refractivity contribution in [3.8, 4) is 0 Å². The van der Waals surface area contributed by atoms with E-state index in [1.165, 1.54) is 0 Å². The Morgan fingerprint density at radius 3 is 2.86 bits per heavy atom. The number of hydrogen-bond acceptors (Lipinski definition) is 5. The minimum Gasteiger partial charge on any atom is -0.360 e. The van der Waals surface area contributed by atoms with E-state index in [-0.39, 0.29) is 5.92 Å². The van der Waals surface area contributed by atoms with Crippen molar-refractivity contribution in [1.29, 1.82) is 0 Å². The zero-order valence-electron chi connectivity index (χ0n) is 12.7. The molecule has 0 bridgehead atoms. The number of rotatable bonds is 3. The van der Waals surface area contributed by atoms with Crippen LogP contribution in [-0.4, -0.2) is 60.1 Å². The molecule has 6 heteroatoms. The van der Waals surface area contributed by atoms with E-state index in [2.05, 4.69) is 15.4 Å². The van der Waals surface area contributed by atoms with Gasteiger partial charge in [0.1, 0.15) is 0 Å². The van der Waals surface area contributed by atoms with Crippen molar-refractivity contribution in [1.82, 2.24) is 20.3 Å². The molecular weight excluding hydrogens is 268 g/mol. The summed E-state index contributed by atoms with van der Waals surface area (Å²) in [4.78, 5) is 16.8. The molecule has 2 saturated heterocycles. The molecule has 2 aliphatic heterocycles. The number of nitrogens with zero attached hydrogens (tertiary/aromatic N) is 3. The van der Waals surface area contributed by atoms with Gasteiger partial charge < -0.3 is 14.7 Å². The van der Waals surface area contributed by atoms with Gasteiger partial charge in [-0.25, -0.2) is 0 Å². The fourth-order valence-electron chi connectivity index (χ4n) is 3.16. The first kappa shape index (κ1) is 14.5. The van der Waals surface area contributed by atoms with Gasteiger partial charge in [0.15, 0.2) is 5.76 Å². The third-order valence-electron chi connectivity index (χ3n) is 4.39. The SMILES string of the molecule is Cc1cc(CN2CCN(C(=O)C3CCCNC3)CC2)on1. The number of nitrogens with one attached hydrogen (secondary N) is 1. The van der Waals surface area contributed by atoms with Crippen molar-refractivity contribution in [2.45, 2.75) is 26.3 Å². The summed E-state index contributed by atoms with van der Waals surface area (Å²) in [6.45, 7) is 8.07. The first-order valence-electron chi connectivity index (χ1n) is 7.86. The number of carbonyl (C=O) groups is 1. The van der Waals surface area contributed by atoms with E-state index in [0.717, 1.165) is 70.1 Å². The second-order valence-corrected chi connectivity index (χ2v) is 6.08. The van der Waals surface area contributed by atoms with Gasteiger partial charge >= 0.3 is 0 Å². The van der Waals surface area contributed by atoms with Crippen LogP contribution < -0.4 is 5.32 Å². The maximum Gasteiger partial charge on any atom is 0.227 e. The monoisotopic (exact) mass is 292 g/mol. The first-order chi connectivity index (χ1) is 10.2. The summed E-state index contributed by atoms with van der Waals surface area (Å²) in [5.41, 5.74) is 0.920. The average Bonchev–Trinajstić information content (AvgIpc) is 2.93.